The van der Waals surface area contributed by atoms with Crippen LogP contribution in [0.3, 0.4) is 0 Å². The van der Waals surface area contributed by atoms with Crippen molar-refractivity contribution in [1.29, 1.82) is 0 Å². The molecule has 4 aliphatic rings. The first kappa shape index (κ1) is 26.1. The molecular formula is C28H41N3O4. The molecule has 5 rings (SSSR count). The lowest BCUT2D eigenvalue weighted by Gasteiger charge is -2.62. The lowest BCUT2D eigenvalue weighted by Crippen LogP contribution is -2.62. The fourth-order valence-corrected chi connectivity index (χ4v) is 6.65. The van der Waals surface area contributed by atoms with E-state index in [9.17, 15) is 15.0 Å². The smallest absolute Gasteiger partial charge is 0.240 e. The Morgan fingerprint density at radius 1 is 1.34 bits per heavy atom. The Kier molecular flexibility index (Phi) is 7.89. The first-order valence-corrected chi connectivity index (χ1v) is 12.9. The van der Waals surface area contributed by atoms with Crippen molar-refractivity contribution in [2.45, 2.75) is 71.4 Å². The second-order valence-electron chi connectivity index (χ2n) is 11.3. The number of nitrogens with one attached hydrogen (secondary N) is 2. The summed E-state index contributed by atoms with van der Waals surface area (Å²) in [6, 6.07) is 7.29. The van der Waals surface area contributed by atoms with Crippen LogP contribution in [-0.4, -0.2) is 65.7 Å². The standard InChI is InChI=1S/C28H41N3O4/c1-17-22-13-21(28(22,3)4)14-23(17)30-27(34)26-25(18(2)33)24(16-32)35-31(26)15-20-9-6-8-19(12-20)10-7-11-29-5/h6,8-9,12,17-18,21-26,29,32-33H,11,13-16H2,1-5H3,(H,30,34)/t17-,18-,21?,22?,23-,24-,25+,26-/m0/s1. The number of hydrogen-bond donors (Lipinski definition) is 4. The Balaban J connectivity index is 1.52. The van der Waals surface area contributed by atoms with Crippen molar-refractivity contribution in [3.05, 3.63) is 35.4 Å². The number of amides is 1. The summed E-state index contributed by atoms with van der Waals surface area (Å²) in [5.74, 6) is 7.20. The molecule has 7 nitrogen and oxygen atoms in total. The van der Waals surface area contributed by atoms with Gasteiger partial charge in [-0.1, -0.05) is 44.7 Å². The van der Waals surface area contributed by atoms with E-state index in [2.05, 4.69) is 43.2 Å². The summed E-state index contributed by atoms with van der Waals surface area (Å²) in [5.41, 5.74) is 2.19. The zero-order valence-electron chi connectivity index (χ0n) is 21.6. The summed E-state index contributed by atoms with van der Waals surface area (Å²) >= 11 is 0. The van der Waals surface area contributed by atoms with Crippen LogP contribution in [0, 0.1) is 40.9 Å². The monoisotopic (exact) mass is 483 g/mol. The second-order valence-corrected chi connectivity index (χ2v) is 11.3. The van der Waals surface area contributed by atoms with Gasteiger partial charge in [0.1, 0.15) is 12.1 Å². The molecule has 35 heavy (non-hydrogen) atoms. The Morgan fingerprint density at radius 2 is 2.11 bits per heavy atom. The van der Waals surface area contributed by atoms with E-state index in [4.69, 9.17) is 4.84 Å². The topological polar surface area (TPSA) is 94.1 Å². The molecule has 1 saturated heterocycles. The van der Waals surface area contributed by atoms with E-state index < -0.39 is 24.2 Å². The van der Waals surface area contributed by atoms with Crippen molar-refractivity contribution >= 4 is 5.91 Å². The minimum atomic E-state index is -0.803. The van der Waals surface area contributed by atoms with Gasteiger partial charge >= 0.3 is 0 Å². The Labute approximate surface area is 209 Å². The SMILES string of the molecule is CNCC#Cc1cccc(CN2O[C@@H](CO)[C@@H]([C@H](C)O)[C@H]2C(=O)N[C@H]2CC3CC([C@@H]2C)C3(C)C)c1. The molecule has 3 aliphatic carbocycles. The highest BCUT2D eigenvalue weighted by Crippen LogP contribution is 2.61. The first-order valence-electron chi connectivity index (χ1n) is 12.9. The van der Waals surface area contributed by atoms with Gasteiger partial charge in [0.05, 0.1) is 25.8 Å². The van der Waals surface area contributed by atoms with Crippen molar-refractivity contribution in [3.8, 4) is 11.8 Å². The fraction of sp³-hybridized carbons (Fsp3) is 0.679. The van der Waals surface area contributed by atoms with Crippen LogP contribution >= 0.6 is 0 Å². The van der Waals surface area contributed by atoms with Crippen molar-refractivity contribution in [2.24, 2.45) is 29.1 Å². The van der Waals surface area contributed by atoms with Gasteiger partial charge in [-0.3, -0.25) is 9.63 Å². The molecule has 3 saturated carbocycles. The number of benzene rings is 1. The summed E-state index contributed by atoms with van der Waals surface area (Å²) in [6.07, 6.45) is 0.790. The number of fused-ring (bicyclic) bond motifs is 2. The van der Waals surface area contributed by atoms with E-state index in [1.54, 1.807) is 12.0 Å². The Hall–Kier alpha value is -1.95. The van der Waals surface area contributed by atoms with Gasteiger partial charge in [-0.05, 0) is 67.7 Å². The van der Waals surface area contributed by atoms with Crippen LogP contribution in [0.25, 0.3) is 0 Å². The molecule has 1 aromatic carbocycles. The molecule has 192 valence electrons. The van der Waals surface area contributed by atoms with Crippen LogP contribution in [0.2, 0.25) is 0 Å². The molecule has 0 aromatic heterocycles. The Morgan fingerprint density at radius 3 is 2.74 bits per heavy atom. The van der Waals surface area contributed by atoms with Gasteiger partial charge in [-0.2, -0.15) is 5.06 Å². The number of rotatable bonds is 7. The van der Waals surface area contributed by atoms with E-state index in [0.717, 1.165) is 17.5 Å². The number of nitrogens with zero attached hydrogens (tertiary/aromatic N) is 1. The number of hydroxylamine groups is 2. The van der Waals surface area contributed by atoms with Gasteiger partial charge in [0.2, 0.25) is 5.91 Å². The summed E-state index contributed by atoms with van der Waals surface area (Å²) in [4.78, 5) is 19.8. The average Bonchev–Trinajstić information content (AvgIpc) is 3.19. The summed E-state index contributed by atoms with van der Waals surface area (Å²) in [6.45, 7) is 9.31. The van der Waals surface area contributed by atoms with E-state index in [-0.39, 0.29) is 18.6 Å². The second kappa shape index (κ2) is 10.6. The van der Waals surface area contributed by atoms with Gasteiger partial charge in [-0.25, -0.2) is 0 Å². The molecule has 1 aliphatic heterocycles. The minimum absolute atomic E-state index is 0.120. The third kappa shape index (κ3) is 5.14. The third-order valence-electron chi connectivity index (χ3n) is 8.83. The number of carbonyl (C=O) groups excluding carboxylic acids is 1. The summed E-state index contributed by atoms with van der Waals surface area (Å²) < 4.78 is 0. The predicted molar refractivity (Wildman–Crippen MR) is 135 cm³/mol. The van der Waals surface area contributed by atoms with Crippen LogP contribution in [-0.2, 0) is 16.2 Å². The summed E-state index contributed by atoms with van der Waals surface area (Å²) in [5, 5.41) is 28.5. The van der Waals surface area contributed by atoms with E-state index in [0.29, 0.717) is 36.3 Å². The fourth-order valence-electron chi connectivity index (χ4n) is 6.65. The molecule has 1 heterocycles. The predicted octanol–water partition coefficient (Wildman–Crippen LogP) is 1.92. The van der Waals surface area contributed by atoms with Crippen LogP contribution in [0.15, 0.2) is 24.3 Å². The number of aliphatic hydroxyl groups excluding tert-OH is 2. The van der Waals surface area contributed by atoms with Crippen molar-refractivity contribution in [3.63, 3.8) is 0 Å². The number of hydrogen-bond acceptors (Lipinski definition) is 6. The molecule has 4 fully saturated rings. The lowest BCUT2D eigenvalue weighted by molar-refractivity contribution is -0.183. The zero-order valence-corrected chi connectivity index (χ0v) is 21.6. The zero-order chi connectivity index (χ0) is 25.3. The largest absolute Gasteiger partial charge is 0.394 e. The highest BCUT2D eigenvalue weighted by atomic mass is 16.7. The molecule has 7 heteroatoms. The average molecular weight is 484 g/mol. The lowest BCUT2D eigenvalue weighted by atomic mass is 9.45. The van der Waals surface area contributed by atoms with Gasteiger partial charge < -0.3 is 20.8 Å². The maximum atomic E-state index is 13.7. The van der Waals surface area contributed by atoms with Gasteiger partial charge in [-0.15, -0.1) is 0 Å². The molecule has 2 bridgehead atoms. The number of aliphatic hydroxyl groups is 2. The van der Waals surface area contributed by atoms with Crippen LogP contribution in [0.4, 0.5) is 0 Å². The van der Waals surface area contributed by atoms with Crippen LogP contribution in [0.1, 0.15) is 51.7 Å². The highest BCUT2D eigenvalue weighted by Gasteiger charge is 2.57. The molecule has 8 atom stereocenters. The first-order chi connectivity index (χ1) is 16.7. The van der Waals surface area contributed by atoms with Crippen LogP contribution in [0.5, 0.6) is 0 Å². The van der Waals surface area contributed by atoms with Gasteiger partial charge in [0, 0.05) is 17.5 Å². The molecular weight excluding hydrogens is 442 g/mol. The Bertz CT molecular complexity index is 968. The van der Waals surface area contributed by atoms with Gasteiger partial charge in [0.25, 0.3) is 0 Å². The summed E-state index contributed by atoms with van der Waals surface area (Å²) in [7, 11) is 1.86. The highest BCUT2D eigenvalue weighted by molar-refractivity contribution is 5.82. The van der Waals surface area contributed by atoms with Crippen LogP contribution < -0.4 is 10.6 Å². The molecule has 2 unspecified atom stereocenters. The van der Waals surface area contributed by atoms with E-state index >= 15 is 0 Å². The maximum absolute atomic E-state index is 13.7. The maximum Gasteiger partial charge on any atom is 0.240 e. The molecule has 0 spiro atoms. The quantitative estimate of drug-likeness (QED) is 0.443. The normalized spacial score (nSPS) is 34.4. The molecule has 4 N–H and O–H groups in total. The molecule has 0 radical (unpaired) electrons. The van der Waals surface area contributed by atoms with Gasteiger partial charge in [0.15, 0.2) is 0 Å². The number of carbonyl (C=O) groups is 1. The third-order valence-corrected chi connectivity index (χ3v) is 8.83. The van der Waals surface area contributed by atoms with Crippen molar-refractivity contribution < 1.29 is 19.8 Å². The van der Waals surface area contributed by atoms with Crippen molar-refractivity contribution in [2.75, 3.05) is 20.2 Å². The molecule has 1 amide bonds. The molecule has 1 aromatic rings. The van der Waals surface area contributed by atoms with Crippen molar-refractivity contribution in [1.82, 2.24) is 15.7 Å². The van der Waals surface area contributed by atoms with E-state index in [1.807, 2.05) is 31.3 Å². The minimum Gasteiger partial charge on any atom is -0.394 e. The van der Waals surface area contributed by atoms with E-state index in [1.165, 1.54) is 6.42 Å².